The highest BCUT2D eigenvalue weighted by atomic mass is 35.5. The number of aryl methyl sites for hydroxylation is 2. The van der Waals surface area contributed by atoms with Gasteiger partial charge in [0.25, 0.3) is 0 Å². The number of methoxy groups -OCH3 is 1. The van der Waals surface area contributed by atoms with Crippen LogP contribution in [0.15, 0.2) is 18.2 Å². The Morgan fingerprint density at radius 1 is 1.41 bits per heavy atom. The van der Waals surface area contributed by atoms with Crippen molar-refractivity contribution in [1.29, 1.82) is 0 Å². The summed E-state index contributed by atoms with van der Waals surface area (Å²) in [5.74, 6) is 0.799. The van der Waals surface area contributed by atoms with E-state index in [4.69, 9.17) is 16.3 Å². The molecule has 2 aromatic rings. The van der Waals surface area contributed by atoms with Gasteiger partial charge in [0.2, 0.25) is 0 Å². The van der Waals surface area contributed by atoms with Crippen LogP contribution in [0.5, 0.6) is 5.75 Å². The van der Waals surface area contributed by atoms with Gasteiger partial charge < -0.3 is 4.74 Å². The van der Waals surface area contributed by atoms with E-state index in [2.05, 4.69) is 35.0 Å². The van der Waals surface area contributed by atoms with Gasteiger partial charge in [0, 0.05) is 28.9 Å². The fourth-order valence-corrected chi connectivity index (χ4v) is 3.63. The van der Waals surface area contributed by atoms with Crippen LogP contribution in [0.4, 0.5) is 0 Å². The van der Waals surface area contributed by atoms with E-state index in [1.807, 2.05) is 12.1 Å². The molecule has 1 aromatic heterocycles. The summed E-state index contributed by atoms with van der Waals surface area (Å²) >= 11 is 6.40. The molecule has 1 aliphatic rings. The van der Waals surface area contributed by atoms with Crippen LogP contribution < -0.4 is 4.74 Å². The van der Waals surface area contributed by atoms with Crippen LogP contribution in [-0.4, -0.2) is 28.8 Å². The minimum Gasteiger partial charge on any atom is -0.497 e. The summed E-state index contributed by atoms with van der Waals surface area (Å²) in [5, 5.41) is 8.22. The lowest BCUT2D eigenvalue weighted by Gasteiger charge is -2.25. The second-order valence-corrected chi connectivity index (χ2v) is 6.34. The van der Waals surface area contributed by atoms with E-state index in [-0.39, 0.29) is 0 Å². The van der Waals surface area contributed by atoms with Gasteiger partial charge in [0.05, 0.1) is 12.8 Å². The third-order valence-electron chi connectivity index (χ3n) is 4.52. The fraction of sp³-hybridized carbons (Fsp3) is 0.471. The maximum atomic E-state index is 6.40. The highest BCUT2D eigenvalue weighted by molar-refractivity contribution is 6.31. The number of aromatic nitrogens is 2. The molecule has 0 bridgehead atoms. The molecule has 2 heterocycles. The monoisotopic (exact) mass is 319 g/mol. The Kier molecular flexibility index (Phi) is 4.41. The van der Waals surface area contributed by atoms with Crippen molar-refractivity contribution < 1.29 is 4.74 Å². The molecule has 1 N–H and O–H groups in total. The highest BCUT2D eigenvalue weighted by Gasteiger charge is 2.29. The van der Waals surface area contributed by atoms with Gasteiger partial charge in [-0.15, -0.1) is 0 Å². The molecule has 4 nitrogen and oxygen atoms in total. The molecule has 5 heteroatoms. The van der Waals surface area contributed by atoms with Gasteiger partial charge in [-0.2, -0.15) is 5.10 Å². The van der Waals surface area contributed by atoms with Crippen molar-refractivity contribution in [2.75, 3.05) is 13.7 Å². The minimum absolute atomic E-state index is 0.428. The molecule has 22 heavy (non-hydrogen) atoms. The van der Waals surface area contributed by atoms with E-state index in [9.17, 15) is 0 Å². The summed E-state index contributed by atoms with van der Waals surface area (Å²) in [6.07, 6.45) is 2.39. The third kappa shape index (κ3) is 2.85. The predicted molar refractivity (Wildman–Crippen MR) is 88.5 cm³/mol. The number of hydrogen-bond donors (Lipinski definition) is 1. The van der Waals surface area contributed by atoms with Crippen LogP contribution in [0.3, 0.4) is 0 Å². The Balaban J connectivity index is 1.82. The Hall–Kier alpha value is -1.52. The Labute approximate surface area is 136 Å². The summed E-state index contributed by atoms with van der Waals surface area (Å²) in [7, 11) is 1.66. The summed E-state index contributed by atoms with van der Waals surface area (Å²) in [6, 6.07) is 6.35. The molecular formula is C17H22ClN3O. The number of likely N-dealkylation sites (tertiary alicyclic amines) is 1. The minimum atomic E-state index is 0.428. The van der Waals surface area contributed by atoms with Crippen LogP contribution in [-0.2, 0) is 6.54 Å². The molecule has 0 amide bonds. The second-order valence-electron chi connectivity index (χ2n) is 5.93. The van der Waals surface area contributed by atoms with Crippen LogP contribution in [0.25, 0.3) is 0 Å². The molecule has 0 aliphatic carbocycles. The first-order chi connectivity index (χ1) is 10.6. The number of nitrogens with zero attached hydrogens (tertiary/aromatic N) is 2. The summed E-state index contributed by atoms with van der Waals surface area (Å²) in [6.45, 7) is 6.14. The van der Waals surface area contributed by atoms with Crippen LogP contribution in [0.1, 0.15) is 41.4 Å². The highest BCUT2D eigenvalue weighted by Crippen LogP contribution is 2.36. The number of rotatable bonds is 4. The zero-order valence-corrected chi connectivity index (χ0v) is 14.1. The van der Waals surface area contributed by atoms with Crippen LogP contribution in [0, 0.1) is 13.8 Å². The Bertz CT molecular complexity index is 648. The SMILES string of the molecule is COc1ccc(CN2CCC[C@H]2c2c(C)n[nH]c2C)c(Cl)c1. The van der Waals surface area contributed by atoms with Gasteiger partial charge in [-0.05, 0) is 50.9 Å². The van der Waals surface area contributed by atoms with Crippen molar-refractivity contribution in [3.63, 3.8) is 0 Å². The van der Waals surface area contributed by atoms with E-state index in [0.29, 0.717) is 6.04 Å². The molecule has 1 aliphatic heterocycles. The maximum absolute atomic E-state index is 6.40. The summed E-state index contributed by atoms with van der Waals surface area (Å²) in [5.41, 5.74) is 4.78. The second kappa shape index (κ2) is 6.31. The van der Waals surface area contributed by atoms with Gasteiger partial charge in [0.15, 0.2) is 0 Å². The van der Waals surface area contributed by atoms with E-state index in [0.717, 1.165) is 35.1 Å². The van der Waals surface area contributed by atoms with E-state index < -0.39 is 0 Å². The van der Waals surface area contributed by atoms with Gasteiger partial charge in [-0.25, -0.2) is 0 Å². The molecular weight excluding hydrogens is 298 g/mol. The standard InChI is InChI=1S/C17H22ClN3O/c1-11-17(12(2)20-19-11)16-5-4-8-21(16)10-13-6-7-14(22-3)9-15(13)18/h6-7,9,16H,4-5,8,10H2,1-3H3,(H,19,20)/t16-/m0/s1. The number of H-pyrrole nitrogens is 1. The number of hydrogen-bond acceptors (Lipinski definition) is 3. The first kappa shape index (κ1) is 15.4. The predicted octanol–water partition coefficient (Wildman–Crippen LogP) is 4.03. The van der Waals surface area contributed by atoms with Crippen molar-refractivity contribution in [2.24, 2.45) is 0 Å². The lowest BCUT2D eigenvalue weighted by Crippen LogP contribution is -2.23. The van der Waals surface area contributed by atoms with Crippen molar-refractivity contribution in [1.82, 2.24) is 15.1 Å². The van der Waals surface area contributed by atoms with Gasteiger partial charge in [-0.1, -0.05) is 17.7 Å². The maximum Gasteiger partial charge on any atom is 0.120 e. The van der Waals surface area contributed by atoms with E-state index in [1.165, 1.54) is 24.1 Å². The lowest BCUT2D eigenvalue weighted by molar-refractivity contribution is 0.247. The van der Waals surface area contributed by atoms with E-state index >= 15 is 0 Å². The molecule has 3 rings (SSSR count). The molecule has 1 aromatic carbocycles. The molecule has 1 atom stereocenters. The van der Waals surface area contributed by atoms with Crippen LogP contribution >= 0.6 is 11.6 Å². The largest absolute Gasteiger partial charge is 0.497 e. The van der Waals surface area contributed by atoms with E-state index in [1.54, 1.807) is 7.11 Å². The zero-order valence-electron chi connectivity index (χ0n) is 13.3. The van der Waals surface area contributed by atoms with Crippen molar-refractivity contribution in [3.05, 3.63) is 45.7 Å². The van der Waals surface area contributed by atoms with Crippen molar-refractivity contribution >= 4 is 11.6 Å². The molecule has 0 unspecified atom stereocenters. The molecule has 118 valence electrons. The summed E-state index contributed by atoms with van der Waals surface area (Å²) in [4.78, 5) is 2.50. The molecule has 0 spiro atoms. The Morgan fingerprint density at radius 2 is 2.23 bits per heavy atom. The topological polar surface area (TPSA) is 41.1 Å². The number of halogens is 1. The number of nitrogens with one attached hydrogen (secondary N) is 1. The molecule has 1 fully saturated rings. The van der Waals surface area contributed by atoms with Gasteiger partial charge in [-0.3, -0.25) is 10.00 Å². The first-order valence-corrected chi connectivity index (χ1v) is 8.06. The average Bonchev–Trinajstić information content (AvgIpc) is 3.07. The van der Waals surface area contributed by atoms with Crippen molar-refractivity contribution in [3.8, 4) is 5.75 Å². The Morgan fingerprint density at radius 3 is 2.86 bits per heavy atom. The van der Waals surface area contributed by atoms with Gasteiger partial charge in [0.1, 0.15) is 5.75 Å². The number of ether oxygens (including phenoxy) is 1. The average molecular weight is 320 g/mol. The zero-order chi connectivity index (χ0) is 15.7. The third-order valence-corrected chi connectivity index (χ3v) is 4.87. The normalized spacial score (nSPS) is 18.8. The smallest absolute Gasteiger partial charge is 0.120 e. The fourth-order valence-electron chi connectivity index (χ4n) is 3.39. The number of aromatic amines is 1. The summed E-state index contributed by atoms with van der Waals surface area (Å²) < 4.78 is 5.22. The number of benzene rings is 1. The van der Waals surface area contributed by atoms with Gasteiger partial charge >= 0.3 is 0 Å². The van der Waals surface area contributed by atoms with Crippen molar-refractivity contribution in [2.45, 2.75) is 39.3 Å². The molecule has 0 saturated carbocycles. The quantitative estimate of drug-likeness (QED) is 0.925. The van der Waals surface area contributed by atoms with Crippen LogP contribution in [0.2, 0.25) is 5.02 Å². The molecule has 0 radical (unpaired) electrons. The molecule has 1 saturated heterocycles. The first-order valence-electron chi connectivity index (χ1n) is 7.68. The lowest BCUT2D eigenvalue weighted by atomic mass is 10.0.